The Morgan fingerprint density at radius 3 is 2.50 bits per heavy atom. The lowest BCUT2D eigenvalue weighted by Crippen LogP contribution is -2.27. The lowest BCUT2D eigenvalue weighted by atomic mass is 10.1. The van der Waals surface area contributed by atoms with Crippen molar-refractivity contribution in [3.63, 3.8) is 0 Å². The van der Waals surface area contributed by atoms with Crippen molar-refractivity contribution in [3.8, 4) is 5.75 Å². The van der Waals surface area contributed by atoms with Crippen molar-refractivity contribution in [1.29, 1.82) is 0 Å². The second-order valence-corrected chi connectivity index (χ2v) is 5.36. The summed E-state index contributed by atoms with van der Waals surface area (Å²) in [5, 5.41) is 12.3. The molecule has 0 unspecified atom stereocenters. The van der Waals surface area contributed by atoms with Gasteiger partial charge in [-0.15, -0.1) is 13.2 Å². The fourth-order valence-electron chi connectivity index (χ4n) is 1.90. The second-order valence-electron chi connectivity index (χ2n) is 4.98. The molecule has 26 heavy (non-hydrogen) atoms. The molecule has 0 radical (unpaired) electrons. The summed E-state index contributed by atoms with van der Waals surface area (Å²) in [7, 11) is 2.66. The zero-order valence-electron chi connectivity index (χ0n) is 13.6. The molecule has 0 saturated heterocycles. The topological polar surface area (TPSA) is 102 Å². The van der Waals surface area contributed by atoms with Crippen LogP contribution in [-0.4, -0.2) is 45.4 Å². The van der Waals surface area contributed by atoms with Gasteiger partial charge in [-0.2, -0.15) is 0 Å². The third kappa shape index (κ3) is 4.20. The molecule has 0 bridgehead atoms. The summed E-state index contributed by atoms with van der Waals surface area (Å²) >= 11 is 6.10. The minimum atomic E-state index is -5.01. The van der Waals surface area contributed by atoms with Crippen LogP contribution in [0.5, 0.6) is 5.75 Å². The van der Waals surface area contributed by atoms with Gasteiger partial charge in [0.1, 0.15) is 5.69 Å². The maximum absolute atomic E-state index is 12.6. The van der Waals surface area contributed by atoms with Crippen molar-refractivity contribution in [1.82, 2.24) is 20.2 Å². The van der Waals surface area contributed by atoms with Crippen molar-refractivity contribution < 1.29 is 27.5 Å². The molecule has 0 atom stereocenters. The normalized spacial score (nSPS) is 11.2. The van der Waals surface area contributed by atoms with Crippen LogP contribution < -0.4 is 15.0 Å². The lowest BCUT2D eigenvalue weighted by molar-refractivity contribution is -0.274. The van der Waals surface area contributed by atoms with E-state index >= 15 is 0 Å². The third-order valence-electron chi connectivity index (χ3n) is 3.20. The summed E-state index contributed by atoms with van der Waals surface area (Å²) in [5.74, 6) is -2.14. The highest BCUT2D eigenvalue weighted by molar-refractivity contribution is 6.38. The predicted octanol–water partition coefficient (Wildman–Crippen LogP) is 2.00. The number of amides is 2. The number of rotatable bonds is 4. The number of carbonyl (C=O) groups is 2. The number of carbonyl (C=O) groups excluding carboxylic acids is 2. The minimum absolute atomic E-state index is 0.0110. The third-order valence-corrected chi connectivity index (χ3v) is 3.59. The van der Waals surface area contributed by atoms with Crippen molar-refractivity contribution >= 4 is 35.1 Å². The molecule has 0 saturated carbocycles. The number of hydrogen-bond donors (Lipinski definition) is 1. The Hall–Kier alpha value is -2.89. The van der Waals surface area contributed by atoms with E-state index in [0.29, 0.717) is 0 Å². The monoisotopic (exact) mass is 392 g/mol. The van der Waals surface area contributed by atoms with Gasteiger partial charge in [0.05, 0.1) is 10.6 Å². The molecule has 1 aromatic heterocycles. The molecule has 0 spiro atoms. The summed E-state index contributed by atoms with van der Waals surface area (Å²) in [4.78, 5) is 24.8. The van der Waals surface area contributed by atoms with Crippen LogP contribution in [0.4, 0.5) is 24.8 Å². The van der Waals surface area contributed by atoms with E-state index in [1.165, 1.54) is 14.1 Å². The van der Waals surface area contributed by atoms with Crippen LogP contribution in [0.3, 0.4) is 0 Å². The number of ether oxygens (including phenoxy) is 1. The molecular weight excluding hydrogens is 381 g/mol. The molecule has 1 heterocycles. The average molecular weight is 393 g/mol. The minimum Gasteiger partial charge on any atom is -0.403 e. The van der Waals surface area contributed by atoms with E-state index in [1.54, 1.807) is 0 Å². The molecule has 140 valence electrons. The summed E-state index contributed by atoms with van der Waals surface area (Å²) in [5.41, 5.74) is -0.604. The number of anilines is 2. The highest BCUT2D eigenvalue weighted by Gasteiger charge is 2.34. The smallest absolute Gasteiger partial charge is 0.403 e. The lowest BCUT2D eigenvalue weighted by Gasteiger charge is -2.22. The maximum atomic E-state index is 12.6. The van der Waals surface area contributed by atoms with Crippen molar-refractivity contribution in [2.45, 2.75) is 13.3 Å². The van der Waals surface area contributed by atoms with E-state index < -0.39 is 34.6 Å². The number of nitrogens with zero attached hydrogens (tertiary/aromatic N) is 5. The van der Waals surface area contributed by atoms with E-state index in [9.17, 15) is 22.8 Å². The highest BCUT2D eigenvalue weighted by atomic mass is 35.5. The SMILES string of the molecule is CC(=O)N(C)c1c(OC(F)(F)F)ccc(C(=O)Nc2nnnn2C)c1Cl. The Morgan fingerprint density at radius 2 is 2.00 bits per heavy atom. The second kappa shape index (κ2) is 7.15. The van der Waals surface area contributed by atoms with E-state index in [2.05, 4.69) is 25.6 Å². The standard InChI is InChI=1S/C13H12ClF3N6O3/c1-6(24)22(2)10-8(26-13(15,16)17)5-4-7(9(10)14)11(25)18-12-19-20-21-23(12)3/h4-5H,1-3H3,(H,18,19,21,25). The molecule has 1 N–H and O–H groups in total. The van der Waals surface area contributed by atoms with Gasteiger partial charge in [0.2, 0.25) is 11.9 Å². The first-order chi connectivity index (χ1) is 12.0. The molecule has 13 heteroatoms. The van der Waals surface area contributed by atoms with Crippen molar-refractivity contribution in [2.24, 2.45) is 7.05 Å². The van der Waals surface area contributed by atoms with Gasteiger partial charge in [-0.1, -0.05) is 16.7 Å². The summed E-state index contributed by atoms with van der Waals surface area (Å²) < 4.78 is 42.9. The number of nitrogens with one attached hydrogen (secondary N) is 1. The zero-order valence-corrected chi connectivity index (χ0v) is 14.4. The van der Waals surface area contributed by atoms with Gasteiger partial charge in [-0.25, -0.2) is 4.68 Å². The first kappa shape index (κ1) is 19.4. The van der Waals surface area contributed by atoms with Crippen LogP contribution in [0, 0.1) is 0 Å². The molecule has 0 aliphatic rings. The Labute approximate surface area is 149 Å². The molecule has 0 aliphatic carbocycles. The largest absolute Gasteiger partial charge is 0.573 e. The number of halogens is 4. The van der Waals surface area contributed by atoms with Crippen LogP contribution in [0.2, 0.25) is 5.02 Å². The molecule has 0 fully saturated rings. The van der Waals surface area contributed by atoms with Gasteiger partial charge in [-0.05, 0) is 22.6 Å². The van der Waals surface area contributed by atoms with Crippen LogP contribution >= 0.6 is 11.6 Å². The Balaban J connectivity index is 2.48. The van der Waals surface area contributed by atoms with Crippen LogP contribution in [0.15, 0.2) is 12.1 Å². The number of aryl methyl sites for hydroxylation is 1. The Morgan fingerprint density at radius 1 is 1.35 bits per heavy atom. The van der Waals surface area contributed by atoms with Crippen molar-refractivity contribution in [2.75, 3.05) is 17.3 Å². The van der Waals surface area contributed by atoms with Gasteiger partial charge in [0.15, 0.2) is 5.75 Å². The molecule has 2 rings (SSSR count). The predicted molar refractivity (Wildman–Crippen MR) is 84.0 cm³/mol. The van der Waals surface area contributed by atoms with E-state index in [1.807, 2.05) is 0 Å². The molecular formula is C13H12ClF3N6O3. The average Bonchev–Trinajstić information content (AvgIpc) is 2.90. The van der Waals surface area contributed by atoms with Gasteiger partial charge >= 0.3 is 6.36 Å². The molecule has 2 aromatic rings. The fourth-order valence-corrected chi connectivity index (χ4v) is 2.27. The Kier molecular flexibility index (Phi) is 5.35. The van der Waals surface area contributed by atoms with Crippen LogP contribution in [0.1, 0.15) is 17.3 Å². The van der Waals surface area contributed by atoms with E-state index in [0.717, 1.165) is 28.6 Å². The first-order valence-corrected chi connectivity index (χ1v) is 7.25. The van der Waals surface area contributed by atoms with Gasteiger partial charge in [-0.3, -0.25) is 14.9 Å². The number of alkyl halides is 3. The van der Waals surface area contributed by atoms with Crippen molar-refractivity contribution in [3.05, 3.63) is 22.7 Å². The van der Waals surface area contributed by atoms with E-state index in [4.69, 9.17) is 11.6 Å². The van der Waals surface area contributed by atoms with E-state index in [-0.39, 0.29) is 11.5 Å². The summed E-state index contributed by atoms with van der Waals surface area (Å²) in [6.45, 7) is 1.12. The summed E-state index contributed by atoms with van der Waals surface area (Å²) in [6.07, 6.45) is -5.01. The fraction of sp³-hybridized carbons (Fsp3) is 0.308. The number of benzene rings is 1. The molecule has 9 nitrogen and oxygen atoms in total. The van der Waals surface area contributed by atoms with Crippen LogP contribution in [0.25, 0.3) is 0 Å². The molecule has 1 aromatic carbocycles. The summed E-state index contributed by atoms with van der Waals surface area (Å²) in [6, 6.07) is 1.91. The Bertz CT molecular complexity index is 854. The van der Waals surface area contributed by atoms with Crippen LogP contribution in [-0.2, 0) is 11.8 Å². The number of aromatic nitrogens is 4. The van der Waals surface area contributed by atoms with Gasteiger partial charge in [0.25, 0.3) is 5.91 Å². The quantitative estimate of drug-likeness (QED) is 0.853. The van der Waals surface area contributed by atoms with Gasteiger partial charge < -0.3 is 9.64 Å². The first-order valence-electron chi connectivity index (χ1n) is 6.87. The zero-order chi connectivity index (χ0) is 19.6. The maximum Gasteiger partial charge on any atom is 0.573 e. The number of hydrogen-bond acceptors (Lipinski definition) is 6. The number of tetrazole rings is 1. The highest BCUT2D eigenvalue weighted by Crippen LogP contribution is 2.40. The molecule has 0 aliphatic heterocycles. The molecule has 2 amide bonds. The van der Waals surface area contributed by atoms with Gasteiger partial charge in [0, 0.05) is 21.0 Å².